The van der Waals surface area contributed by atoms with Crippen LogP contribution in [0.2, 0.25) is 0 Å². The van der Waals surface area contributed by atoms with Crippen molar-refractivity contribution < 1.29 is 14.1 Å². The summed E-state index contributed by atoms with van der Waals surface area (Å²) in [7, 11) is 3.46. The predicted molar refractivity (Wildman–Crippen MR) is 124 cm³/mol. The van der Waals surface area contributed by atoms with Gasteiger partial charge >= 0.3 is 0 Å². The molecule has 0 saturated carbocycles. The third-order valence-corrected chi connectivity index (χ3v) is 5.87. The summed E-state index contributed by atoms with van der Waals surface area (Å²) in [5.74, 6) is 1.79. The zero-order valence-corrected chi connectivity index (χ0v) is 18.8. The van der Waals surface area contributed by atoms with E-state index in [1.807, 2.05) is 31.3 Å². The monoisotopic (exact) mass is 434 g/mol. The van der Waals surface area contributed by atoms with Gasteiger partial charge < -0.3 is 19.1 Å². The third kappa shape index (κ3) is 5.46. The van der Waals surface area contributed by atoms with Crippen molar-refractivity contribution in [2.24, 2.45) is 0 Å². The van der Waals surface area contributed by atoms with E-state index in [0.29, 0.717) is 31.1 Å². The van der Waals surface area contributed by atoms with Gasteiger partial charge in [-0.2, -0.15) is 4.98 Å². The van der Waals surface area contributed by atoms with Crippen molar-refractivity contribution in [3.8, 4) is 17.1 Å². The maximum Gasteiger partial charge on any atom is 0.227 e. The van der Waals surface area contributed by atoms with Crippen LogP contribution in [-0.2, 0) is 17.8 Å². The first-order chi connectivity index (χ1) is 15.6. The number of aromatic nitrogens is 2. The molecule has 2 aromatic carbocycles. The highest BCUT2D eigenvalue weighted by Gasteiger charge is 2.15. The number of amides is 1. The van der Waals surface area contributed by atoms with Crippen LogP contribution in [-0.4, -0.2) is 48.2 Å². The van der Waals surface area contributed by atoms with E-state index in [0.717, 1.165) is 30.0 Å². The lowest BCUT2D eigenvalue weighted by Gasteiger charge is -2.29. The summed E-state index contributed by atoms with van der Waals surface area (Å²) in [4.78, 5) is 21.2. The number of rotatable bonds is 8. The van der Waals surface area contributed by atoms with Crippen molar-refractivity contribution in [1.82, 2.24) is 15.0 Å². The standard InChI is InChI=1S/C25H30N4O3/c1-28(18-19-6-10-21(11-7-19)29-16-4-3-5-17-29)24(30)15-14-23-26-25(27-32-23)20-8-12-22(31-2)13-9-20/h6-13H,3-5,14-18H2,1-2H3. The summed E-state index contributed by atoms with van der Waals surface area (Å²) in [6.07, 6.45) is 4.60. The Morgan fingerprint density at radius 2 is 1.78 bits per heavy atom. The van der Waals surface area contributed by atoms with Gasteiger partial charge in [-0.15, -0.1) is 0 Å². The largest absolute Gasteiger partial charge is 0.497 e. The normalized spacial score (nSPS) is 13.8. The molecule has 1 fully saturated rings. The molecular formula is C25H30N4O3. The Bertz CT molecular complexity index is 1010. The summed E-state index contributed by atoms with van der Waals surface area (Å²) in [5, 5.41) is 4.02. The summed E-state index contributed by atoms with van der Waals surface area (Å²) in [6, 6.07) is 16.0. The lowest BCUT2D eigenvalue weighted by molar-refractivity contribution is -0.130. The number of anilines is 1. The van der Waals surface area contributed by atoms with Gasteiger partial charge in [0.25, 0.3) is 0 Å². The van der Waals surface area contributed by atoms with Crippen molar-refractivity contribution in [1.29, 1.82) is 0 Å². The number of ether oxygens (including phenoxy) is 1. The van der Waals surface area contributed by atoms with Crippen molar-refractivity contribution in [3.05, 3.63) is 60.0 Å². The molecule has 1 aromatic heterocycles. The van der Waals surface area contributed by atoms with Crippen LogP contribution >= 0.6 is 0 Å². The maximum atomic E-state index is 12.6. The molecule has 4 rings (SSSR count). The second kappa shape index (κ2) is 10.3. The minimum atomic E-state index is 0.0503. The lowest BCUT2D eigenvalue weighted by Crippen LogP contribution is -2.29. The van der Waals surface area contributed by atoms with Crippen LogP contribution in [0.5, 0.6) is 5.75 Å². The SMILES string of the molecule is COc1ccc(-c2noc(CCC(=O)N(C)Cc3ccc(N4CCCCC4)cc3)n2)cc1. The average Bonchev–Trinajstić information content (AvgIpc) is 3.32. The van der Waals surface area contributed by atoms with Crippen LogP contribution in [0.4, 0.5) is 5.69 Å². The predicted octanol–water partition coefficient (Wildman–Crippen LogP) is 4.33. The van der Waals surface area contributed by atoms with Gasteiger partial charge in [0.05, 0.1) is 7.11 Å². The van der Waals surface area contributed by atoms with Crippen LogP contribution in [0.1, 0.15) is 37.1 Å². The lowest BCUT2D eigenvalue weighted by atomic mass is 10.1. The molecule has 2 heterocycles. The Morgan fingerprint density at radius 3 is 2.47 bits per heavy atom. The smallest absolute Gasteiger partial charge is 0.227 e. The molecule has 1 amide bonds. The summed E-state index contributed by atoms with van der Waals surface area (Å²) >= 11 is 0. The average molecular weight is 435 g/mol. The first-order valence-electron chi connectivity index (χ1n) is 11.2. The minimum absolute atomic E-state index is 0.0503. The molecule has 0 radical (unpaired) electrons. The van der Waals surface area contributed by atoms with Gasteiger partial charge in [-0.3, -0.25) is 4.79 Å². The van der Waals surface area contributed by atoms with Gasteiger partial charge in [0.2, 0.25) is 17.6 Å². The van der Waals surface area contributed by atoms with E-state index in [1.165, 1.54) is 24.9 Å². The maximum absolute atomic E-state index is 12.6. The number of aryl methyl sites for hydroxylation is 1. The Morgan fingerprint density at radius 1 is 1.06 bits per heavy atom. The van der Waals surface area contributed by atoms with Gasteiger partial charge in [-0.05, 0) is 61.2 Å². The molecule has 0 N–H and O–H groups in total. The molecule has 1 aliphatic rings. The third-order valence-electron chi connectivity index (χ3n) is 5.87. The van der Waals surface area contributed by atoms with Gasteiger partial charge in [0, 0.05) is 50.8 Å². The fourth-order valence-electron chi connectivity index (χ4n) is 3.94. The van der Waals surface area contributed by atoms with Crippen molar-refractivity contribution in [2.45, 2.75) is 38.6 Å². The number of hydrogen-bond acceptors (Lipinski definition) is 6. The Hall–Kier alpha value is -3.35. The molecule has 7 heteroatoms. The molecule has 32 heavy (non-hydrogen) atoms. The zero-order chi connectivity index (χ0) is 22.3. The number of carbonyl (C=O) groups excluding carboxylic acids is 1. The highest BCUT2D eigenvalue weighted by Crippen LogP contribution is 2.22. The molecular weight excluding hydrogens is 404 g/mol. The number of methoxy groups -OCH3 is 1. The zero-order valence-electron chi connectivity index (χ0n) is 18.8. The fourth-order valence-corrected chi connectivity index (χ4v) is 3.94. The molecule has 168 valence electrons. The number of nitrogens with zero attached hydrogens (tertiary/aromatic N) is 4. The van der Waals surface area contributed by atoms with E-state index in [4.69, 9.17) is 9.26 Å². The first kappa shape index (κ1) is 21.9. The molecule has 1 saturated heterocycles. The number of piperidine rings is 1. The molecule has 1 aliphatic heterocycles. The Kier molecular flexibility index (Phi) is 7.04. The molecule has 3 aromatic rings. The van der Waals surface area contributed by atoms with E-state index in [9.17, 15) is 4.79 Å². The number of benzene rings is 2. The molecule has 7 nitrogen and oxygen atoms in total. The van der Waals surface area contributed by atoms with Crippen molar-refractivity contribution in [3.63, 3.8) is 0 Å². The first-order valence-corrected chi connectivity index (χ1v) is 11.2. The van der Waals surface area contributed by atoms with Gasteiger partial charge in [0.15, 0.2) is 0 Å². The van der Waals surface area contributed by atoms with E-state index in [1.54, 1.807) is 12.0 Å². The Labute approximate surface area is 189 Å². The minimum Gasteiger partial charge on any atom is -0.497 e. The number of carbonyl (C=O) groups is 1. The van der Waals surface area contributed by atoms with Gasteiger partial charge in [-0.25, -0.2) is 0 Å². The van der Waals surface area contributed by atoms with E-state index < -0.39 is 0 Å². The summed E-state index contributed by atoms with van der Waals surface area (Å²) in [6.45, 7) is 2.85. The number of hydrogen-bond donors (Lipinski definition) is 0. The quantitative estimate of drug-likeness (QED) is 0.526. The molecule has 0 atom stereocenters. The van der Waals surface area contributed by atoms with E-state index in [2.05, 4.69) is 39.3 Å². The summed E-state index contributed by atoms with van der Waals surface area (Å²) < 4.78 is 10.5. The Balaban J connectivity index is 1.27. The highest BCUT2D eigenvalue weighted by molar-refractivity contribution is 5.76. The summed E-state index contributed by atoms with van der Waals surface area (Å²) in [5.41, 5.74) is 3.24. The molecule has 0 spiro atoms. The van der Waals surface area contributed by atoms with Gasteiger partial charge in [0.1, 0.15) is 5.75 Å². The molecule has 0 aliphatic carbocycles. The van der Waals surface area contributed by atoms with Gasteiger partial charge in [-0.1, -0.05) is 17.3 Å². The second-order valence-corrected chi connectivity index (χ2v) is 8.20. The van der Waals surface area contributed by atoms with Crippen molar-refractivity contribution in [2.75, 3.05) is 32.1 Å². The second-order valence-electron chi connectivity index (χ2n) is 8.20. The van der Waals surface area contributed by atoms with Crippen LogP contribution in [0.25, 0.3) is 11.4 Å². The van der Waals surface area contributed by atoms with Crippen LogP contribution in [0.3, 0.4) is 0 Å². The molecule has 0 unspecified atom stereocenters. The van der Waals surface area contributed by atoms with Crippen LogP contribution in [0.15, 0.2) is 53.1 Å². The van der Waals surface area contributed by atoms with E-state index >= 15 is 0 Å². The van der Waals surface area contributed by atoms with Crippen molar-refractivity contribution >= 4 is 11.6 Å². The molecule has 0 bridgehead atoms. The topological polar surface area (TPSA) is 71.7 Å². The van der Waals surface area contributed by atoms with Crippen LogP contribution in [0, 0.1) is 0 Å². The van der Waals surface area contributed by atoms with E-state index in [-0.39, 0.29) is 5.91 Å². The van der Waals surface area contributed by atoms with Crippen LogP contribution < -0.4 is 9.64 Å². The fraction of sp³-hybridized carbons (Fsp3) is 0.400. The highest BCUT2D eigenvalue weighted by atomic mass is 16.5.